The Morgan fingerprint density at radius 3 is 2.15 bits per heavy atom. The van der Waals surface area contributed by atoms with Gasteiger partial charge in [-0.2, -0.15) is 0 Å². The molecule has 0 aliphatic heterocycles. The van der Waals surface area contributed by atoms with Crippen LogP contribution in [0.4, 0.5) is 0 Å². The summed E-state index contributed by atoms with van der Waals surface area (Å²) in [7, 11) is 1.77. The van der Waals surface area contributed by atoms with Crippen LogP contribution >= 0.6 is 0 Å². The molecule has 13 heavy (non-hydrogen) atoms. The van der Waals surface area contributed by atoms with Gasteiger partial charge in [-0.3, -0.25) is 5.32 Å². The fraction of sp³-hybridized carbons (Fsp3) is 0.455. The van der Waals surface area contributed by atoms with E-state index in [1.165, 1.54) is 0 Å². The molecule has 2 N–H and O–H groups in total. The maximum atomic E-state index is 10.3. The highest BCUT2D eigenvalue weighted by Gasteiger charge is 2.30. The van der Waals surface area contributed by atoms with Crippen LogP contribution in [0.5, 0.6) is 0 Å². The number of hydrogen-bond donors (Lipinski definition) is 2. The van der Waals surface area contributed by atoms with E-state index >= 15 is 0 Å². The first kappa shape index (κ1) is 10.2. The summed E-state index contributed by atoms with van der Waals surface area (Å²) in [6.45, 7) is 3.98. The summed E-state index contributed by atoms with van der Waals surface area (Å²) >= 11 is 0. The van der Waals surface area contributed by atoms with Crippen molar-refractivity contribution in [3.05, 3.63) is 35.9 Å². The summed E-state index contributed by atoms with van der Waals surface area (Å²) in [4.78, 5) is 0. The number of nitrogens with one attached hydrogen (secondary N) is 1. The van der Waals surface area contributed by atoms with Gasteiger partial charge in [-0.05, 0) is 12.6 Å². The largest absolute Gasteiger partial charge is 0.371 e. The van der Waals surface area contributed by atoms with Crippen molar-refractivity contribution < 1.29 is 5.11 Å². The van der Waals surface area contributed by atoms with Crippen LogP contribution < -0.4 is 5.32 Å². The third kappa shape index (κ3) is 1.90. The summed E-state index contributed by atoms with van der Waals surface area (Å²) in [5, 5.41) is 13.2. The Morgan fingerprint density at radius 2 is 1.77 bits per heavy atom. The van der Waals surface area contributed by atoms with E-state index in [1.807, 2.05) is 44.2 Å². The van der Waals surface area contributed by atoms with Gasteiger partial charge in [0, 0.05) is 5.92 Å². The van der Waals surface area contributed by atoms with Gasteiger partial charge in [0.15, 0.2) is 0 Å². The Bertz CT molecular complexity index is 258. The molecule has 2 nitrogen and oxygen atoms in total. The van der Waals surface area contributed by atoms with Crippen LogP contribution in [0.15, 0.2) is 30.3 Å². The van der Waals surface area contributed by atoms with Gasteiger partial charge in [0.2, 0.25) is 0 Å². The van der Waals surface area contributed by atoms with Gasteiger partial charge in [0.05, 0.1) is 0 Å². The first-order valence-electron chi connectivity index (χ1n) is 4.58. The molecule has 0 radical (unpaired) electrons. The Morgan fingerprint density at radius 1 is 1.23 bits per heavy atom. The van der Waals surface area contributed by atoms with E-state index in [9.17, 15) is 5.11 Å². The third-order valence-corrected chi connectivity index (χ3v) is 2.43. The number of benzene rings is 1. The minimum absolute atomic E-state index is 0.139. The zero-order valence-electron chi connectivity index (χ0n) is 8.41. The number of hydrogen-bond acceptors (Lipinski definition) is 2. The van der Waals surface area contributed by atoms with Crippen molar-refractivity contribution in [3.63, 3.8) is 0 Å². The summed E-state index contributed by atoms with van der Waals surface area (Å²) in [5.41, 5.74) is -0.00569. The molecule has 1 atom stereocenters. The zero-order chi connectivity index (χ0) is 9.90. The monoisotopic (exact) mass is 179 g/mol. The molecule has 0 aliphatic carbocycles. The third-order valence-electron chi connectivity index (χ3n) is 2.43. The Kier molecular flexibility index (Phi) is 3.07. The van der Waals surface area contributed by atoms with Crippen molar-refractivity contribution in [1.29, 1.82) is 0 Å². The van der Waals surface area contributed by atoms with Gasteiger partial charge in [-0.15, -0.1) is 0 Å². The van der Waals surface area contributed by atoms with E-state index in [0.717, 1.165) is 5.56 Å². The van der Waals surface area contributed by atoms with E-state index in [-0.39, 0.29) is 5.92 Å². The lowest BCUT2D eigenvalue weighted by atomic mass is 9.92. The van der Waals surface area contributed by atoms with E-state index in [4.69, 9.17) is 0 Å². The van der Waals surface area contributed by atoms with Crippen LogP contribution in [-0.4, -0.2) is 12.2 Å². The molecule has 0 heterocycles. The molecule has 0 fully saturated rings. The second-order valence-electron chi connectivity index (χ2n) is 3.54. The highest BCUT2D eigenvalue weighted by molar-refractivity contribution is 5.21. The smallest absolute Gasteiger partial charge is 0.144 e. The lowest BCUT2D eigenvalue weighted by Crippen LogP contribution is -2.44. The van der Waals surface area contributed by atoms with Crippen molar-refractivity contribution in [2.75, 3.05) is 7.05 Å². The zero-order valence-corrected chi connectivity index (χ0v) is 8.41. The molecule has 0 bridgehead atoms. The normalized spacial score (nSPS) is 15.8. The standard InChI is InChI=1S/C11H17NO/c1-9(2)11(13,12-3)10-7-5-4-6-8-10/h4-9,12-13H,1-3H3. The van der Waals surface area contributed by atoms with Crippen molar-refractivity contribution in [3.8, 4) is 0 Å². The molecule has 0 aliphatic rings. The molecular weight excluding hydrogens is 162 g/mol. The Labute approximate surface area is 79.6 Å². The predicted molar refractivity (Wildman–Crippen MR) is 54.2 cm³/mol. The SMILES string of the molecule is CNC(O)(c1ccccc1)C(C)C. The average molecular weight is 179 g/mol. The number of aliphatic hydroxyl groups is 1. The maximum absolute atomic E-state index is 10.3. The first-order valence-corrected chi connectivity index (χ1v) is 4.58. The van der Waals surface area contributed by atoms with Crippen molar-refractivity contribution >= 4 is 0 Å². The fourth-order valence-corrected chi connectivity index (χ4v) is 1.46. The predicted octanol–water partition coefficient (Wildman–Crippen LogP) is 1.71. The summed E-state index contributed by atoms with van der Waals surface area (Å²) in [6.07, 6.45) is 0. The van der Waals surface area contributed by atoms with Crippen molar-refractivity contribution in [2.24, 2.45) is 5.92 Å². The summed E-state index contributed by atoms with van der Waals surface area (Å²) < 4.78 is 0. The van der Waals surface area contributed by atoms with Gasteiger partial charge in [-0.1, -0.05) is 44.2 Å². The van der Waals surface area contributed by atoms with Gasteiger partial charge in [-0.25, -0.2) is 0 Å². The second kappa shape index (κ2) is 3.90. The van der Waals surface area contributed by atoms with E-state index in [1.54, 1.807) is 7.05 Å². The molecule has 1 aromatic rings. The van der Waals surface area contributed by atoms with Crippen LogP contribution in [0.1, 0.15) is 19.4 Å². The molecule has 0 saturated carbocycles. The molecular formula is C11H17NO. The van der Waals surface area contributed by atoms with Crippen LogP contribution in [0, 0.1) is 5.92 Å². The summed E-state index contributed by atoms with van der Waals surface area (Å²) in [5.74, 6) is 0.139. The van der Waals surface area contributed by atoms with Gasteiger partial charge in [0.25, 0.3) is 0 Å². The molecule has 1 rings (SSSR count). The molecule has 2 heteroatoms. The minimum Gasteiger partial charge on any atom is -0.371 e. The van der Waals surface area contributed by atoms with Gasteiger partial charge in [0.1, 0.15) is 5.72 Å². The van der Waals surface area contributed by atoms with Crippen LogP contribution in [0.3, 0.4) is 0 Å². The molecule has 0 spiro atoms. The van der Waals surface area contributed by atoms with Crippen molar-refractivity contribution in [1.82, 2.24) is 5.32 Å². The topological polar surface area (TPSA) is 32.3 Å². The fourth-order valence-electron chi connectivity index (χ4n) is 1.46. The van der Waals surface area contributed by atoms with Crippen LogP contribution in [0.2, 0.25) is 0 Å². The molecule has 0 aromatic heterocycles. The average Bonchev–Trinajstić information content (AvgIpc) is 2.17. The van der Waals surface area contributed by atoms with E-state index in [2.05, 4.69) is 5.32 Å². The lowest BCUT2D eigenvalue weighted by Gasteiger charge is -2.32. The first-order chi connectivity index (χ1) is 6.11. The van der Waals surface area contributed by atoms with E-state index in [0.29, 0.717) is 0 Å². The molecule has 1 aromatic carbocycles. The molecule has 1 unspecified atom stereocenters. The molecule has 0 saturated heterocycles. The highest BCUT2D eigenvalue weighted by Crippen LogP contribution is 2.25. The van der Waals surface area contributed by atoms with E-state index < -0.39 is 5.72 Å². The van der Waals surface area contributed by atoms with Crippen LogP contribution in [0.25, 0.3) is 0 Å². The minimum atomic E-state index is -0.915. The molecule has 72 valence electrons. The van der Waals surface area contributed by atoms with Gasteiger partial charge >= 0.3 is 0 Å². The highest BCUT2D eigenvalue weighted by atomic mass is 16.3. The number of rotatable bonds is 3. The maximum Gasteiger partial charge on any atom is 0.144 e. The quantitative estimate of drug-likeness (QED) is 0.692. The Hall–Kier alpha value is -0.860. The second-order valence-corrected chi connectivity index (χ2v) is 3.54. The summed E-state index contributed by atoms with van der Waals surface area (Å²) in [6, 6.07) is 9.66. The molecule has 0 amide bonds. The lowest BCUT2D eigenvalue weighted by molar-refractivity contribution is -0.0369. The van der Waals surface area contributed by atoms with Gasteiger partial charge < -0.3 is 5.11 Å². The van der Waals surface area contributed by atoms with Crippen molar-refractivity contribution in [2.45, 2.75) is 19.6 Å². The Balaban J connectivity index is 3.03. The van der Waals surface area contributed by atoms with Crippen LogP contribution in [-0.2, 0) is 5.72 Å².